The molecule has 196 valence electrons. The number of ether oxygens (including phenoxy) is 1. The molecule has 0 fully saturated rings. The van der Waals surface area contributed by atoms with Crippen molar-refractivity contribution in [2.75, 3.05) is 0 Å². The first-order chi connectivity index (χ1) is 20.1. The van der Waals surface area contributed by atoms with Crippen molar-refractivity contribution >= 4 is 0 Å². The Labute approximate surface area is 241 Å². The van der Waals surface area contributed by atoms with E-state index in [0.29, 0.717) is 0 Å². The number of para-hydroxylation sites is 2. The standard InChI is InChI=1S/C40H30O/c1-39(2)34-21-11-12-23-37(34)41-38-30(19-13-22-35(38)39)27-24-25-32-31-18-9-10-20-33(31)40(36(32)26-27,28-14-5-3-6-15-28)29-16-7-4-8-17-29/h3-26H,1-2H3. The summed E-state index contributed by atoms with van der Waals surface area (Å²) < 4.78 is 6.70. The van der Waals surface area contributed by atoms with Crippen LogP contribution in [0.3, 0.4) is 0 Å². The van der Waals surface area contributed by atoms with E-state index in [2.05, 4.69) is 159 Å². The third kappa shape index (κ3) is 3.30. The van der Waals surface area contributed by atoms with E-state index in [0.717, 1.165) is 17.1 Å². The van der Waals surface area contributed by atoms with E-state index in [1.807, 2.05) is 0 Å². The molecule has 0 amide bonds. The van der Waals surface area contributed by atoms with Crippen LogP contribution >= 0.6 is 0 Å². The average molecular weight is 527 g/mol. The number of fused-ring (bicyclic) bond motifs is 5. The van der Waals surface area contributed by atoms with Gasteiger partial charge in [-0.15, -0.1) is 0 Å². The summed E-state index contributed by atoms with van der Waals surface area (Å²) in [4.78, 5) is 0. The van der Waals surface area contributed by atoms with Crippen molar-refractivity contribution in [3.05, 3.63) is 179 Å². The van der Waals surface area contributed by atoms with Gasteiger partial charge in [-0.25, -0.2) is 0 Å². The van der Waals surface area contributed by atoms with E-state index in [-0.39, 0.29) is 5.41 Å². The summed E-state index contributed by atoms with van der Waals surface area (Å²) in [5, 5.41) is 0. The highest BCUT2D eigenvalue weighted by atomic mass is 16.5. The zero-order valence-electron chi connectivity index (χ0n) is 23.3. The van der Waals surface area contributed by atoms with E-state index in [4.69, 9.17) is 4.74 Å². The summed E-state index contributed by atoms with van der Waals surface area (Å²) in [6.45, 7) is 4.60. The number of hydrogen-bond acceptors (Lipinski definition) is 1. The Balaban J connectivity index is 1.41. The van der Waals surface area contributed by atoms with Crippen LogP contribution in [-0.4, -0.2) is 0 Å². The van der Waals surface area contributed by atoms with Crippen LogP contribution in [0.1, 0.15) is 47.2 Å². The lowest BCUT2D eigenvalue weighted by Crippen LogP contribution is -2.28. The number of benzene rings is 6. The molecule has 0 radical (unpaired) electrons. The van der Waals surface area contributed by atoms with Crippen LogP contribution in [-0.2, 0) is 10.8 Å². The van der Waals surface area contributed by atoms with Crippen molar-refractivity contribution in [3.63, 3.8) is 0 Å². The van der Waals surface area contributed by atoms with E-state index >= 15 is 0 Å². The minimum Gasteiger partial charge on any atom is -0.456 e. The molecule has 1 heteroatoms. The third-order valence-electron chi connectivity index (χ3n) is 9.23. The summed E-state index contributed by atoms with van der Waals surface area (Å²) in [7, 11) is 0. The molecular weight excluding hydrogens is 496 g/mol. The maximum atomic E-state index is 6.70. The molecule has 0 saturated heterocycles. The molecule has 0 unspecified atom stereocenters. The molecule has 8 rings (SSSR count). The predicted molar refractivity (Wildman–Crippen MR) is 168 cm³/mol. The molecule has 2 aliphatic rings. The van der Waals surface area contributed by atoms with Crippen molar-refractivity contribution in [1.82, 2.24) is 0 Å². The summed E-state index contributed by atoms with van der Waals surface area (Å²) in [6.07, 6.45) is 0. The van der Waals surface area contributed by atoms with Gasteiger partial charge in [0.1, 0.15) is 11.5 Å². The lowest BCUT2D eigenvalue weighted by Gasteiger charge is -2.36. The van der Waals surface area contributed by atoms with Crippen LogP contribution in [0.4, 0.5) is 0 Å². The molecule has 41 heavy (non-hydrogen) atoms. The Morgan fingerprint density at radius 3 is 1.73 bits per heavy atom. The monoisotopic (exact) mass is 526 g/mol. The zero-order chi connectivity index (χ0) is 27.6. The Morgan fingerprint density at radius 1 is 0.439 bits per heavy atom. The van der Waals surface area contributed by atoms with Crippen LogP contribution < -0.4 is 4.74 Å². The molecule has 0 atom stereocenters. The fourth-order valence-electron chi connectivity index (χ4n) is 7.31. The van der Waals surface area contributed by atoms with Crippen molar-refractivity contribution in [1.29, 1.82) is 0 Å². The summed E-state index contributed by atoms with van der Waals surface area (Å²) >= 11 is 0. The van der Waals surface area contributed by atoms with E-state index in [9.17, 15) is 0 Å². The molecule has 0 aromatic heterocycles. The van der Waals surface area contributed by atoms with Crippen LogP contribution in [0.2, 0.25) is 0 Å². The molecule has 0 spiro atoms. The van der Waals surface area contributed by atoms with Crippen LogP contribution in [0.5, 0.6) is 11.5 Å². The SMILES string of the molecule is CC1(C)c2ccccc2Oc2c(-c3ccc4c(c3)C(c3ccccc3)(c3ccccc3)c3ccccc3-4)cccc21. The van der Waals surface area contributed by atoms with Gasteiger partial charge in [0.25, 0.3) is 0 Å². The Hall–Kier alpha value is -4.88. The van der Waals surface area contributed by atoms with Gasteiger partial charge in [-0.1, -0.05) is 147 Å². The maximum Gasteiger partial charge on any atom is 0.139 e. The number of hydrogen-bond donors (Lipinski definition) is 0. The van der Waals surface area contributed by atoms with E-state index in [1.54, 1.807) is 0 Å². The molecule has 6 aromatic rings. The zero-order valence-corrected chi connectivity index (χ0v) is 23.3. The summed E-state index contributed by atoms with van der Waals surface area (Å²) in [5.74, 6) is 1.89. The average Bonchev–Trinajstić information content (AvgIpc) is 3.32. The van der Waals surface area contributed by atoms with Gasteiger partial charge < -0.3 is 4.74 Å². The van der Waals surface area contributed by atoms with Crippen LogP contribution in [0.15, 0.2) is 146 Å². The van der Waals surface area contributed by atoms with Gasteiger partial charge in [0, 0.05) is 22.1 Å². The minimum atomic E-state index is -0.425. The van der Waals surface area contributed by atoms with Gasteiger partial charge in [-0.3, -0.25) is 0 Å². The highest BCUT2D eigenvalue weighted by molar-refractivity contribution is 5.89. The van der Waals surface area contributed by atoms with Gasteiger partial charge in [-0.2, -0.15) is 0 Å². The highest BCUT2D eigenvalue weighted by Gasteiger charge is 2.46. The van der Waals surface area contributed by atoms with Crippen LogP contribution in [0.25, 0.3) is 22.3 Å². The molecule has 1 aliphatic heterocycles. The second-order valence-corrected chi connectivity index (χ2v) is 11.7. The number of rotatable bonds is 3. The summed E-state index contributed by atoms with van der Waals surface area (Å²) in [6, 6.07) is 52.9. The van der Waals surface area contributed by atoms with Gasteiger partial charge in [0.15, 0.2) is 0 Å². The van der Waals surface area contributed by atoms with Crippen molar-refractivity contribution in [2.45, 2.75) is 24.7 Å². The first kappa shape index (κ1) is 24.0. The smallest absolute Gasteiger partial charge is 0.139 e. The lowest BCUT2D eigenvalue weighted by atomic mass is 9.67. The lowest BCUT2D eigenvalue weighted by molar-refractivity contribution is 0.419. The molecule has 6 aromatic carbocycles. The minimum absolute atomic E-state index is 0.162. The van der Waals surface area contributed by atoms with Gasteiger partial charge in [0.05, 0.1) is 5.41 Å². The fraction of sp³-hybridized carbons (Fsp3) is 0.100. The Bertz CT molecular complexity index is 1890. The molecule has 1 heterocycles. The van der Waals surface area contributed by atoms with Gasteiger partial charge >= 0.3 is 0 Å². The van der Waals surface area contributed by atoms with Crippen LogP contribution in [0, 0.1) is 0 Å². The Morgan fingerprint density at radius 2 is 1.00 bits per heavy atom. The van der Waals surface area contributed by atoms with Crippen molar-refractivity contribution in [3.8, 4) is 33.8 Å². The molecule has 0 N–H and O–H groups in total. The second kappa shape index (κ2) is 8.81. The molecule has 1 aliphatic carbocycles. The first-order valence-electron chi connectivity index (χ1n) is 14.4. The largest absolute Gasteiger partial charge is 0.456 e. The first-order valence-corrected chi connectivity index (χ1v) is 14.4. The topological polar surface area (TPSA) is 9.23 Å². The molecule has 0 bridgehead atoms. The van der Waals surface area contributed by atoms with Crippen molar-refractivity contribution in [2.24, 2.45) is 0 Å². The molecule has 0 saturated carbocycles. The van der Waals surface area contributed by atoms with E-state index in [1.165, 1.54) is 50.1 Å². The predicted octanol–water partition coefficient (Wildman–Crippen LogP) is 10.1. The maximum absolute atomic E-state index is 6.70. The van der Waals surface area contributed by atoms with Gasteiger partial charge in [0.2, 0.25) is 0 Å². The Kier molecular flexibility index (Phi) is 5.15. The van der Waals surface area contributed by atoms with E-state index < -0.39 is 5.41 Å². The molecular formula is C40H30O. The quantitative estimate of drug-likeness (QED) is 0.223. The second-order valence-electron chi connectivity index (χ2n) is 11.7. The molecule has 1 nitrogen and oxygen atoms in total. The van der Waals surface area contributed by atoms with Gasteiger partial charge in [-0.05, 0) is 51.1 Å². The summed E-state index contributed by atoms with van der Waals surface area (Å²) in [5.41, 5.74) is 11.9. The fourth-order valence-corrected chi connectivity index (χ4v) is 7.31. The van der Waals surface area contributed by atoms with Crippen molar-refractivity contribution < 1.29 is 4.74 Å². The normalized spacial score (nSPS) is 15.2. The highest BCUT2D eigenvalue weighted by Crippen LogP contribution is 2.57. The third-order valence-corrected chi connectivity index (χ3v) is 9.23.